The molecule has 21 heavy (non-hydrogen) atoms. The average Bonchev–Trinajstić information content (AvgIpc) is 3.05. The minimum Gasteiger partial charge on any atom is -0.467 e. The maximum absolute atomic E-state index is 13.4. The summed E-state index contributed by atoms with van der Waals surface area (Å²) in [6.07, 6.45) is 2.77. The van der Waals surface area contributed by atoms with E-state index < -0.39 is 0 Å². The normalized spacial score (nSPS) is 14.0. The van der Waals surface area contributed by atoms with E-state index in [1.54, 1.807) is 12.3 Å². The van der Waals surface area contributed by atoms with E-state index in [-0.39, 0.29) is 5.82 Å². The van der Waals surface area contributed by atoms with Crippen LogP contribution in [-0.2, 0) is 19.5 Å². The topological polar surface area (TPSA) is 28.4 Å². The molecule has 0 bridgehead atoms. The summed E-state index contributed by atoms with van der Waals surface area (Å²) in [7, 11) is 0. The Morgan fingerprint density at radius 2 is 2.19 bits per heavy atom. The third-order valence-electron chi connectivity index (χ3n) is 3.81. The van der Waals surface area contributed by atoms with Gasteiger partial charge in [-0.3, -0.25) is 0 Å². The standard InChI is InChI=1S/C17H21FN2O/c1-12(2)19-9-13-7-16(21-11-13)10-20-6-5-14-3-4-15(18)8-17(14)20/h3-4,7-8,11-12,19H,5-6,9-10H2,1-2H3. The van der Waals surface area contributed by atoms with Gasteiger partial charge in [0, 0.05) is 30.4 Å². The van der Waals surface area contributed by atoms with E-state index in [9.17, 15) is 4.39 Å². The molecule has 0 atom stereocenters. The van der Waals surface area contributed by atoms with Crippen LogP contribution >= 0.6 is 0 Å². The molecule has 2 heterocycles. The monoisotopic (exact) mass is 288 g/mol. The van der Waals surface area contributed by atoms with Crippen LogP contribution in [0.1, 0.15) is 30.7 Å². The molecule has 0 saturated heterocycles. The van der Waals surface area contributed by atoms with Crippen molar-refractivity contribution < 1.29 is 8.81 Å². The molecule has 2 aromatic rings. The fourth-order valence-electron chi connectivity index (χ4n) is 2.69. The lowest BCUT2D eigenvalue weighted by molar-refractivity contribution is 0.500. The van der Waals surface area contributed by atoms with Gasteiger partial charge in [0.1, 0.15) is 11.6 Å². The molecule has 0 aliphatic carbocycles. The van der Waals surface area contributed by atoms with Crippen LogP contribution < -0.4 is 10.2 Å². The summed E-state index contributed by atoms with van der Waals surface area (Å²) in [5, 5.41) is 3.37. The highest BCUT2D eigenvalue weighted by Crippen LogP contribution is 2.30. The minimum atomic E-state index is -0.179. The molecule has 1 aliphatic heterocycles. The van der Waals surface area contributed by atoms with Crippen molar-refractivity contribution in [2.75, 3.05) is 11.4 Å². The molecular formula is C17H21FN2O. The molecule has 0 fully saturated rings. The Kier molecular flexibility index (Phi) is 3.97. The van der Waals surface area contributed by atoms with E-state index in [0.29, 0.717) is 12.6 Å². The molecule has 3 rings (SSSR count). The molecule has 1 aromatic carbocycles. The van der Waals surface area contributed by atoms with E-state index in [4.69, 9.17) is 4.42 Å². The third kappa shape index (κ3) is 3.27. The van der Waals surface area contributed by atoms with E-state index in [0.717, 1.165) is 36.5 Å². The summed E-state index contributed by atoms with van der Waals surface area (Å²) >= 11 is 0. The third-order valence-corrected chi connectivity index (χ3v) is 3.81. The number of nitrogens with one attached hydrogen (secondary N) is 1. The first-order chi connectivity index (χ1) is 10.1. The van der Waals surface area contributed by atoms with Gasteiger partial charge in [0.25, 0.3) is 0 Å². The molecule has 1 aliphatic rings. The van der Waals surface area contributed by atoms with Gasteiger partial charge in [-0.15, -0.1) is 0 Å². The zero-order valence-electron chi connectivity index (χ0n) is 12.5. The van der Waals surface area contributed by atoms with Crippen molar-refractivity contribution in [2.45, 2.75) is 39.4 Å². The number of fused-ring (bicyclic) bond motifs is 1. The number of benzene rings is 1. The fourth-order valence-corrected chi connectivity index (χ4v) is 2.69. The molecule has 0 saturated carbocycles. The first-order valence-electron chi connectivity index (χ1n) is 7.45. The van der Waals surface area contributed by atoms with Gasteiger partial charge in [0.15, 0.2) is 0 Å². The van der Waals surface area contributed by atoms with E-state index in [1.807, 2.05) is 6.07 Å². The Morgan fingerprint density at radius 1 is 1.33 bits per heavy atom. The lowest BCUT2D eigenvalue weighted by Crippen LogP contribution is -2.21. The Morgan fingerprint density at radius 3 is 3.00 bits per heavy atom. The van der Waals surface area contributed by atoms with Crippen molar-refractivity contribution in [3.8, 4) is 0 Å². The molecule has 1 N–H and O–H groups in total. The predicted molar refractivity (Wildman–Crippen MR) is 81.8 cm³/mol. The van der Waals surface area contributed by atoms with Gasteiger partial charge in [-0.1, -0.05) is 19.9 Å². The van der Waals surface area contributed by atoms with Crippen molar-refractivity contribution in [1.29, 1.82) is 0 Å². The quantitative estimate of drug-likeness (QED) is 0.913. The van der Waals surface area contributed by atoms with Crippen LogP contribution in [0.4, 0.5) is 10.1 Å². The Balaban J connectivity index is 1.67. The lowest BCUT2D eigenvalue weighted by atomic mass is 10.2. The van der Waals surface area contributed by atoms with Gasteiger partial charge in [-0.05, 0) is 30.2 Å². The van der Waals surface area contributed by atoms with Gasteiger partial charge in [0.05, 0.1) is 12.8 Å². The zero-order valence-corrected chi connectivity index (χ0v) is 12.5. The molecule has 0 unspecified atom stereocenters. The summed E-state index contributed by atoms with van der Waals surface area (Å²) in [5.74, 6) is 0.745. The Labute approximate surface area is 124 Å². The van der Waals surface area contributed by atoms with Crippen LogP contribution in [0.3, 0.4) is 0 Å². The predicted octanol–water partition coefficient (Wildman–Crippen LogP) is 3.48. The highest BCUT2D eigenvalue weighted by molar-refractivity contribution is 5.58. The second-order valence-corrected chi connectivity index (χ2v) is 5.90. The zero-order chi connectivity index (χ0) is 14.8. The highest BCUT2D eigenvalue weighted by atomic mass is 19.1. The van der Waals surface area contributed by atoms with Gasteiger partial charge >= 0.3 is 0 Å². The number of hydrogen-bond acceptors (Lipinski definition) is 3. The molecule has 0 amide bonds. The second kappa shape index (κ2) is 5.90. The smallest absolute Gasteiger partial charge is 0.125 e. The summed E-state index contributed by atoms with van der Waals surface area (Å²) < 4.78 is 19.0. The average molecular weight is 288 g/mol. The molecular weight excluding hydrogens is 267 g/mol. The van der Waals surface area contributed by atoms with Gasteiger partial charge in [-0.25, -0.2) is 4.39 Å². The van der Waals surface area contributed by atoms with Crippen molar-refractivity contribution in [3.63, 3.8) is 0 Å². The summed E-state index contributed by atoms with van der Waals surface area (Å²) in [5.41, 5.74) is 3.36. The molecule has 4 heteroatoms. The minimum absolute atomic E-state index is 0.179. The van der Waals surface area contributed by atoms with Crippen LogP contribution in [0.5, 0.6) is 0 Å². The van der Waals surface area contributed by atoms with Crippen molar-refractivity contribution >= 4 is 5.69 Å². The fraction of sp³-hybridized carbons (Fsp3) is 0.412. The molecule has 3 nitrogen and oxygen atoms in total. The molecule has 0 spiro atoms. The first kappa shape index (κ1) is 14.1. The van der Waals surface area contributed by atoms with Crippen LogP contribution in [0.25, 0.3) is 0 Å². The molecule has 1 aromatic heterocycles. The second-order valence-electron chi connectivity index (χ2n) is 5.90. The molecule has 112 valence electrons. The number of hydrogen-bond donors (Lipinski definition) is 1. The summed E-state index contributed by atoms with van der Waals surface area (Å²) in [4.78, 5) is 2.18. The van der Waals surface area contributed by atoms with Crippen molar-refractivity contribution in [2.24, 2.45) is 0 Å². The molecule has 0 radical (unpaired) electrons. The lowest BCUT2D eigenvalue weighted by Gasteiger charge is -2.17. The largest absolute Gasteiger partial charge is 0.467 e. The maximum Gasteiger partial charge on any atom is 0.125 e. The summed E-state index contributed by atoms with van der Waals surface area (Å²) in [6, 6.07) is 7.56. The Bertz CT molecular complexity index is 621. The van der Waals surface area contributed by atoms with Gasteiger partial charge in [-0.2, -0.15) is 0 Å². The van der Waals surface area contributed by atoms with Gasteiger partial charge in [0.2, 0.25) is 0 Å². The van der Waals surface area contributed by atoms with Crippen molar-refractivity contribution in [3.05, 3.63) is 53.2 Å². The van der Waals surface area contributed by atoms with E-state index in [1.165, 1.54) is 11.6 Å². The number of furan rings is 1. The van der Waals surface area contributed by atoms with Crippen LogP contribution in [0.2, 0.25) is 0 Å². The van der Waals surface area contributed by atoms with Crippen molar-refractivity contribution in [1.82, 2.24) is 5.32 Å². The number of rotatable bonds is 5. The Hall–Kier alpha value is -1.81. The van der Waals surface area contributed by atoms with Crippen LogP contribution in [0.15, 0.2) is 34.9 Å². The number of nitrogens with zero attached hydrogens (tertiary/aromatic N) is 1. The first-order valence-corrected chi connectivity index (χ1v) is 7.45. The van der Waals surface area contributed by atoms with E-state index >= 15 is 0 Å². The van der Waals surface area contributed by atoms with Crippen LogP contribution in [0, 0.1) is 5.82 Å². The maximum atomic E-state index is 13.4. The summed E-state index contributed by atoms with van der Waals surface area (Å²) in [6.45, 7) is 6.66. The highest BCUT2D eigenvalue weighted by Gasteiger charge is 2.20. The SMILES string of the molecule is CC(C)NCc1coc(CN2CCc3ccc(F)cc32)c1. The van der Waals surface area contributed by atoms with E-state index in [2.05, 4.69) is 30.1 Å². The van der Waals surface area contributed by atoms with Crippen LogP contribution in [-0.4, -0.2) is 12.6 Å². The van der Waals surface area contributed by atoms with Gasteiger partial charge < -0.3 is 14.6 Å². The number of anilines is 1. The number of halogens is 1.